The number of Topliss-reactive ketones (excluding diaryl/α,β-unsaturated/α-hetero) is 1. The Labute approximate surface area is 142 Å². The standard InChI is InChI=1S/C19H24N2OS/c1-15-20-18(14-23-15)13-21-11-5-8-17(12-21)19(22)10-9-16-6-3-2-4-7-16/h2-4,6-7,14,17H,5,8-13H2,1H3/t17-/m0/s1. The number of thiazole rings is 1. The first kappa shape index (κ1) is 16.3. The molecular formula is C19H24N2OS. The van der Waals surface area contributed by atoms with E-state index in [-0.39, 0.29) is 5.92 Å². The van der Waals surface area contributed by atoms with Crippen LogP contribution in [0.25, 0.3) is 0 Å². The number of aromatic nitrogens is 1. The maximum atomic E-state index is 12.5. The molecule has 23 heavy (non-hydrogen) atoms. The van der Waals surface area contributed by atoms with Crippen LogP contribution in [0.1, 0.15) is 35.5 Å². The molecule has 3 nitrogen and oxygen atoms in total. The Hall–Kier alpha value is -1.52. The second kappa shape index (κ2) is 7.84. The van der Waals surface area contributed by atoms with E-state index in [1.54, 1.807) is 11.3 Å². The molecule has 0 amide bonds. The molecule has 2 heterocycles. The van der Waals surface area contributed by atoms with Crippen LogP contribution in [0.3, 0.4) is 0 Å². The summed E-state index contributed by atoms with van der Waals surface area (Å²) in [5.41, 5.74) is 2.40. The van der Waals surface area contributed by atoms with Gasteiger partial charge in [0.25, 0.3) is 0 Å². The molecular weight excluding hydrogens is 304 g/mol. The first-order valence-electron chi connectivity index (χ1n) is 8.41. The summed E-state index contributed by atoms with van der Waals surface area (Å²) in [7, 11) is 0. The molecule has 0 spiro atoms. The molecule has 3 rings (SSSR count). The molecule has 0 unspecified atom stereocenters. The number of piperidine rings is 1. The number of carbonyl (C=O) groups is 1. The van der Waals surface area contributed by atoms with E-state index < -0.39 is 0 Å². The Balaban J connectivity index is 1.50. The van der Waals surface area contributed by atoms with E-state index in [9.17, 15) is 4.79 Å². The van der Waals surface area contributed by atoms with Gasteiger partial charge in [0.15, 0.2) is 0 Å². The Morgan fingerprint density at radius 2 is 2.17 bits per heavy atom. The number of hydrogen-bond donors (Lipinski definition) is 0. The average Bonchev–Trinajstić information content (AvgIpc) is 2.99. The van der Waals surface area contributed by atoms with Crippen molar-refractivity contribution < 1.29 is 4.79 Å². The number of benzene rings is 1. The zero-order chi connectivity index (χ0) is 16.1. The fourth-order valence-electron chi connectivity index (χ4n) is 3.29. The minimum absolute atomic E-state index is 0.201. The number of hydrogen-bond acceptors (Lipinski definition) is 4. The van der Waals surface area contributed by atoms with Gasteiger partial charge in [-0.05, 0) is 38.3 Å². The molecule has 1 aromatic carbocycles. The molecule has 122 valence electrons. The molecule has 0 N–H and O–H groups in total. The fourth-order valence-corrected chi connectivity index (χ4v) is 3.89. The van der Waals surface area contributed by atoms with Gasteiger partial charge < -0.3 is 0 Å². The van der Waals surface area contributed by atoms with Crippen LogP contribution in [0.15, 0.2) is 35.7 Å². The second-order valence-electron chi connectivity index (χ2n) is 6.38. The molecule has 0 saturated carbocycles. The maximum Gasteiger partial charge on any atom is 0.137 e. The quantitative estimate of drug-likeness (QED) is 0.807. The lowest BCUT2D eigenvalue weighted by molar-refractivity contribution is -0.124. The SMILES string of the molecule is Cc1nc(CN2CCC[C@H](C(=O)CCc3ccccc3)C2)cs1. The van der Waals surface area contributed by atoms with E-state index in [1.807, 2.05) is 25.1 Å². The summed E-state index contributed by atoms with van der Waals surface area (Å²) in [5, 5.41) is 3.25. The first-order chi connectivity index (χ1) is 11.2. The van der Waals surface area contributed by atoms with Crippen LogP contribution in [0.5, 0.6) is 0 Å². The van der Waals surface area contributed by atoms with E-state index in [2.05, 4.69) is 27.4 Å². The third kappa shape index (κ3) is 4.72. The zero-order valence-electron chi connectivity index (χ0n) is 13.7. The van der Waals surface area contributed by atoms with E-state index in [4.69, 9.17) is 0 Å². The Kier molecular flexibility index (Phi) is 5.57. The second-order valence-corrected chi connectivity index (χ2v) is 7.45. The number of ketones is 1. The summed E-state index contributed by atoms with van der Waals surface area (Å²) in [6.07, 6.45) is 3.69. The van der Waals surface area contributed by atoms with Gasteiger partial charge in [0.1, 0.15) is 5.78 Å². The monoisotopic (exact) mass is 328 g/mol. The van der Waals surface area contributed by atoms with Gasteiger partial charge in [-0.2, -0.15) is 0 Å². The van der Waals surface area contributed by atoms with Crippen molar-refractivity contribution in [2.45, 2.75) is 39.2 Å². The van der Waals surface area contributed by atoms with Crippen molar-refractivity contribution in [2.24, 2.45) is 5.92 Å². The number of rotatable bonds is 6. The van der Waals surface area contributed by atoms with Gasteiger partial charge in [0.05, 0.1) is 10.7 Å². The summed E-state index contributed by atoms with van der Waals surface area (Å²) in [6, 6.07) is 10.3. The summed E-state index contributed by atoms with van der Waals surface area (Å²) in [5.74, 6) is 0.625. The Bertz CT molecular complexity index is 638. The zero-order valence-corrected chi connectivity index (χ0v) is 14.5. The van der Waals surface area contributed by atoms with Crippen LogP contribution in [-0.4, -0.2) is 28.8 Å². The largest absolute Gasteiger partial charge is 0.299 e. The van der Waals surface area contributed by atoms with Crippen molar-refractivity contribution in [1.82, 2.24) is 9.88 Å². The van der Waals surface area contributed by atoms with Gasteiger partial charge in [0, 0.05) is 30.8 Å². The van der Waals surface area contributed by atoms with Crippen LogP contribution in [0.2, 0.25) is 0 Å². The Morgan fingerprint density at radius 3 is 2.91 bits per heavy atom. The van der Waals surface area contributed by atoms with Crippen molar-refractivity contribution >= 4 is 17.1 Å². The van der Waals surface area contributed by atoms with Crippen LogP contribution in [-0.2, 0) is 17.8 Å². The number of likely N-dealkylation sites (tertiary alicyclic amines) is 1. The normalized spacial score (nSPS) is 18.9. The molecule has 1 aliphatic rings. The topological polar surface area (TPSA) is 33.2 Å². The molecule has 1 atom stereocenters. The first-order valence-corrected chi connectivity index (χ1v) is 9.28. The predicted molar refractivity (Wildman–Crippen MR) is 94.6 cm³/mol. The third-order valence-electron chi connectivity index (χ3n) is 4.52. The van der Waals surface area contributed by atoms with Crippen molar-refractivity contribution in [3.63, 3.8) is 0 Å². The highest BCUT2D eigenvalue weighted by Gasteiger charge is 2.25. The highest BCUT2D eigenvalue weighted by molar-refractivity contribution is 7.09. The highest BCUT2D eigenvalue weighted by Crippen LogP contribution is 2.21. The van der Waals surface area contributed by atoms with Crippen LogP contribution < -0.4 is 0 Å². The number of aryl methyl sites for hydroxylation is 2. The van der Waals surface area contributed by atoms with Crippen molar-refractivity contribution in [1.29, 1.82) is 0 Å². The minimum atomic E-state index is 0.201. The lowest BCUT2D eigenvalue weighted by Crippen LogP contribution is -2.38. The van der Waals surface area contributed by atoms with Crippen LogP contribution in [0.4, 0.5) is 0 Å². The van der Waals surface area contributed by atoms with Gasteiger partial charge >= 0.3 is 0 Å². The smallest absolute Gasteiger partial charge is 0.137 e. The predicted octanol–water partition coefficient (Wildman–Crippen LogP) is 3.87. The lowest BCUT2D eigenvalue weighted by Gasteiger charge is -2.31. The van der Waals surface area contributed by atoms with E-state index >= 15 is 0 Å². The number of nitrogens with zero attached hydrogens (tertiary/aromatic N) is 2. The Morgan fingerprint density at radius 1 is 1.35 bits per heavy atom. The molecule has 2 aromatic rings. The van der Waals surface area contributed by atoms with Gasteiger partial charge in [-0.15, -0.1) is 11.3 Å². The van der Waals surface area contributed by atoms with Crippen molar-refractivity contribution in [2.75, 3.05) is 13.1 Å². The van der Waals surface area contributed by atoms with Crippen molar-refractivity contribution in [3.8, 4) is 0 Å². The maximum absolute atomic E-state index is 12.5. The van der Waals surface area contributed by atoms with E-state index in [0.29, 0.717) is 12.2 Å². The minimum Gasteiger partial charge on any atom is -0.299 e. The molecule has 1 aromatic heterocycles. The van der Waals surface area contributed by atoms with E-state index in [1.165, 1.54) is 5.56 Å². The van der Waals surface area contributed by atoms with Gasteiger partial charge in [-0.3, -0.25) is 9.69 Å². The molecule has 0 aliphatic carbocycles. The van der Waals surface area contributed by atoms with Gasteiger partial charge in [0.2, 0.25) is 0 Å². The van der Waals surface area contributed by atoms with Crippen molar-refractivity contribution in [3.05, 3.63) is 52.0 Å². The summed E-state index contributed by atoms with van der Waals surface area (Å²) >= 11 is 1.70. The molecule has 1 aliphatic heterocycles. The average molecular weight is 328 g/mol. The highest BCUT2D eigenvalue weighted by atomic mass is 32.1. The molecule has 4 heteroatoms. The molecule has 0 radical (unpaired) electrons. The molecule has 0 bridgehead atoms. The van der Waals surface area contributed by atoms with E-state index in [0.717, 1.165) is 49.6 Å². The summed E-state index contributed by atoms with van der Waals surface area (Å²) < 4.78 is 0. The summed E-state index contributed by atoms with van der Waals surface area (Å²) in [4.78, 5) is 19.5. The third-order valence-corrected chi connectivity index (χ3v) is 5.34. The molecule has 1 saturated heterocycles. The lowest BCUT2D eigenvalue weighted by atomic mass is 9.90. The van der Waals surface area contributed by atoms with Crippen LogP contribution >= 0.6 is 11.3 Å². The number of carbonyl (C=O) groups excluding carboxylic acids is 1. The van der Waals surface area contributed by atoms with Gasteiger partial charge in [-0.1, -0.05) is 30.3 Å². The van der Waals surface area contributed by atoms with Crippen LogP contribution in [0, 0.1) is 12.8 Å². The molecule has 1 fully saturated rings. The summed E-state index contributed by atoms with van der Waals surface area (Å²) in [6.45, 7) is 4.90. The van der Waals surface area contributed by atoms with Gasteiger partial charge in [-0.25, -0.2) is 4.98 Å². The fraction of sp³-hybridized carbons (Fsp3) is 0.474.